The lowest BCUT2D eigenvalue weighted by Crippen LogP contribution is -2.59. The third-order valence-electron chi connectivity index (χ3n) is 4.25. The van der Waals surface area contributed by atoms with Crippen LogP contribution in [0, 0.1) is 5.41 Å². The van der Waals surface area contributed by atoms with E-state index in [9.17, 15) is 19.5 Å². The number of carbonyl (C=O) groups excluding carboxylic acids is 1. The maximum atomic E-state index is 12.6. The van der Waals surface area contributed by atoms with E-state index in [1.54, 1.807) is 4.90 Å². The first-order valence-electron chi connectivity index (χ1n) is 8.64. The fraction of sp³-hybridized carbons (Fsp3) is 0.706. The van der Waals surface area contributed by atoms with Gasteiger partial charge in [0.1, 0.15) is 0 Å². The lowest BCUT2D eigenvalue weighted by Gasteiger charge is -2.41. The summed E-state index contributed by atoms with van der Waals surface area (Å²) >= 11 is 0. The topological polar surface area (TPSA) is 118 Å². The van der Waals surface area contributed by atoms with Crippen LogP contribution in [0.25, 0.3) is 0 Å². The summed E-state index contributed by atoms with van der Waals surface area (Å²) in [6, 6.07) is 0. The van der Waals surface area contributed by atoms with E-state index in [-0.39, 0.29) is 17.9 Å². The van der Waals surface area contributed by atoms with E-state index >= 15 is 0 Å². The molecular weight excluding hydrogens is 324 g/mol. The molecule has 1 fully saturated rings. The second-order valence-electron chi connectivity index (χ2n) is 7.95. The van der Waals surface area contributed by atoms with Crippen molar-refractivity contribution >= 4 is 5.91 Å². The first-order valence-corrected chi connectivity index (χ1v) is 8.64. The second-order valence-corrected chi connectivity index (χ2v) is 7.95. The first-order chi connectivity index (χ1) is 11.6. The summed E-state index contributed by atoms with van der Waals surface area (Å²) in [6.45, 7) is 8.04. The highest BCUT2D eigenvalue weighted by Crippen LogP contribution is 2.25. The molecule has 0 aromatic carbocycles. The number of hydrogen-bond acceptors (Lipinski definition) is 5. The van der Waals surface area contributed by atoms with Gasteiger partial charge in [0.05, 0.1) is 0 Å². The molecule has 2 rings (SSSR count). The fourth-order valence-corrected chi connectivity index (χ4v) is 3.09. The van der Waals surface area contributed by atoms with Crippen LogP contribution in [0.15, 0.2) is 15.8 Å². The summed E-state index contributed by atoms with van der Waals surface area (Å²) in [6.07, 6.45) is 2.97. The van der Waals surface area contributed by atoms with E-state index in [0.29, 0.717) is 38.0 Å². The Morgan fingerprint density at radius 1 is 1.32 bits per heavy atom. The van der Waals surface area contributed by atoms with Crippen LogP contribution in [-0.2, 0) is 11.2 Å². The van der Waals surface area contributed by atoms with Crippen LogP contribution in [0.2, 0.25) is 0 Å². The Labute approximate surface area is 146 Å². The fourth-order valence-electron chi connectivity index (χ4n) is 3.09. The summed E-state index contributed by atoms with van der Waals surface area (Å²) in [5.74, 6) is -0.233. The predicted octanol–water partition coefficient (Wildman–Crippen LogP) is -0.405. The van der Waals surface area contributed by atoms with Crippen molar-refractivity contribution in [2.24, 2.45) is 5.41 Å². The molecule has 1 saturated heterocycles. The minimum atomic E-state index is -1.40. The minimum absolute atomic E-state index is 0.0212. The van der Waals surface area contributed by atoms with Crippen molar-refractivity contribution in [3.63, 3.8) is 0 Å². The minimum Gasteiger partial charge on any atom is -0.379 e. The van der Waals surface area contributed by atoms with Crippen LogP contribution in [0.3, 0.4) is 0 Å². The summed E-state index contributed by atoms with van der Waals surface area (Å²) < 4.78 is 0. The molecule has 0 unspecified atom stereocenters. The number of aromatic nitrogens is 2. The third kappa shape index (κ3) is 5.27. The van der Waals surface area contributed by atoms with Gasteiger partial charge in [0.2, 0.25) is 0 Å². The Morgan fingerprint density at radius 2 is 2.04 bits per heavy atom. The Balaban J connectivity index is 1.89. The van der Waals surface area contributed by atoms with Crippen LogP contribution in [0.4, 0.5) is 0 Å². The van der Waals surface area contributed by atoms with Crippen LogP contribution < -0.4 is 16.6 Å². The van der Waals surface area contributed by atoms with E-state index in [1.807, 2.05) is 0 Å². The molecule has 0 spiro atoms. The van der Waals surface area contributed by atoms with Gasteiger partial charge in [-0.25, -0.2) is 4.79 Å². The van der Waals surface area contributed by atoms with Crippen LogP contribution in [0.1, 0.15) is 39.2 Å². The van der Waals surface area contributed by atoms with Crippen molar-refractivity contribution in [2.75, 3.05) is 26.2 Å². The zero-order chi connectivity index (χ0) is 18.7. The molecule has 4 N–H and O–H groups in total. The second kappa shape index (κ2) is 7.53. The average Bonchev–Trinajstić information content (AvgIpc) is 2.49. The van der Waals surface area contributed by atoms with Gasteiger partial charge < -0.3 is 20.3 Å². The van der Waals surface area contributed by atoms with Crippen molar-refractivity contribution in [3.8, 4) is 0 Å². The van der Waals surface area contributed by atoms with Crippen molar-refractivity contribution in [1.82, 2.24) is 20.2 Å². The normalized spacial score (nSPS) is 21.6. The molecule has 1 aliphatic heterocycles. The van der Waals surface area contributed by atoms with Crippen molar-refractivity contribution in [3.05, 3.63) is 32.6 Å². The molecule has 8 heteroatoms. The number of carbonyl (C=O) groups is 1. The quantitative estimate of drug-likeness (QED) is 0.519. The molecule has 2 heterocycles. The third-order valence-corrected chi connectivity index (χ3v) is 4.25. The SMILES string of the molecule is CC(C)(C)CN1CCC[C@](O)(CNCCc2c[nH]c(=O)[nH]c2=O)C1=O. The lowest BCUT2D eigenvalue weighted by atomic mass is 9.88. The molecule has 0 radical (unpaired) electrons. The van der Waals surface area contributed by atoms with Gasteiger partial charge in [-0.15, -0.1) is 0 Å². The highest BCUT2D eigenvalue weighted by atomic mass is 16.3. The molecule has 1 amide bonds. The summed E-state index contributed by atoms with van der Waals surface area (Å²) in [5, 5.41) is 13.8. The van der Waals surface area contributed by atoms with Crippen LogP contribution in [-0.4, -0.2) is 57.7 Å². The maximum absolute atomic E-state index is 12.6. The van der Waals surface area contributed by atoms with E-state index in [0.717, 1.165) is 6.42 Å². The number of aromatic amines is 2. The first kappa shape index (κ1) is 19.4. The van der Waals surface area contributed by atoms with Crippen molar-refractivity contribution in [1.29, 1.82) is 0 Å². The van der Waals surface area contributed by atoms with Gasteiger partial charge in [-0.3, -0.25) is 14.6 Å². The lowest BCUT2D eigenvalue weighted by molar-refractivity contribution is -0.158. The molecule has 1 aliphatic rings. The van der Waals surface area contributed by atoms with E-state index in [1.165, 1.54) is 6.20 Å². The Kier molecular flexibility index (Phi) is 5.84. The molecule has 1 atom stereocenters. The summed E-state index contributed by atoms with van der Waals surface area (Å²) in [7, 11) is 0. The molecule has 8 nitrogen and oxygen atoms in total. The molecular formula is C17H28N4O4. The standard InChI is InChI=1S/C17H28N4O4/c1-16(2,3)11-21-8-4-6-17(25,14(21)23)10-18-7-5-12-9-19-15(24)20-13(12)22/h9,18,25H,4-8,10-11H2,1-3H3,(H2,19,20,22,24)/t17-/m0/s1. The Morgan fingerprint density at radius 3 is 2.68 bits per heavy atom. The highest BCUT2D eigenvalue weighted by molar-refractivity contribution is 5.86. The number of nitrogens with zero attached hydrogens (tertiary/aromatic N) is 1. The average molecular weight is 352 g/mol. The number of H-pyrrole nitrogens is 2. The molecule has 0 saturated carbocycles. The van der Waals surface area contributed by atoms with Crippen LogP contribution in [0.5, 0.6) is 0 Å². The molecule has 25 heavy (non-hydrogen) atoms. The number of piperidine rings is 1. The van der Waals surface area contributed by atoms with Gasteiger partial charge in [-0.2, -0.15) is 0 Å². The van der Waals surface area contributed by atoms with Gasteiger partial charge in [-0.05, 0) is 31.2 Å². The largest absolute Gasteiger partial charge is 0.379 e. The Hall–Kier alpha value is -1.93. The molecule has 140 valence electrons. The van der Waals surface area contributed by atoms with Gasteiger partial charge in [-0.1, -0.05) is 20.8 Å². The number of likely N-dealkylation sites (tertiary alicyclic amines) is 1. The molecule has 1 aromatic heterocycles. The number of aliphatic hydroxyl groups is 1. The number of hydrogen-bond donors (Lipinski definition) is 4. The molecule has 0 aliphatic carbocycles. The van der Waals surface area contributed by atoms with Gasteiger partial charge in [0.15, 0.2) is 5.60 Å². The number of rotatable bonds is 6. The van der Waals surface area contributed by atoms with Crippen LogP contribution >= 0.6 is 0 Å². The van der Waals surface area contributed by atoms with E-state index in [2.05, 4.69) is 36.1 Å². The zero-order valence-electron chi connectivity index (χ0n) is 15.1. The van der Waals surface area contributed by atoms with E-state index < -0.39 is 16.9 Å². The Bertz CT molecular complexity index is 718. The van der Waals surface area contributed by atoms with Crippen molar-refractivity contribution < 1.29 is 9.90 Å². The maximum Gasteiger partial charge on any atom is 0.325 e. The predicted molar refractivity (Wildman–Crippen MR) is 94.5 cm³/mol. The van der Waals surface area contributed by atoms with E-state index in [4.69, 9.17) is 0 Å². The van der Waals surface area contributed by atoms with Gasteiger partial charge in [0, 0.05) is 31.4 Å². The number of nitrogens with one attached hydrogen (secondary N) is 3. The van der Waals surface area contributed by atoms with Gasteiger partial charge in [0.25, 0.3) is 11.5 Å². The molecule has 0 bridgehead atoms. The monoisotopic (exact) mass is 352 g/mol. The van der Waals surface area contributed by atoms with Crippen molar-refractivity contribution in [2.45, 2.75) is 45.6 Å². The summed E-state index contributed by atoms with van der Waals surface area (Å²) in [5.41, 5.74) is -1.94. The molecule has 1 aromatic rings. The number of amides is 1. The zero-order valence-corrected chi connectivity index (χ0v) is 15.1. The van der Waals surface area contributed by atoms with Gasteiger partial charge >= 0.3 is 5.69 Å². The summed E-state index contributed by atoms with van der Waals surface area (Å²) in [4.78, 5) is 41.5. The smallest absolute Gasteiger partial charge is 0.325 e. The highest BCUT2D eigenvalue weighted by Gasteiger charge is 2.42.